The SMILES string of the molecule is O=C(CNc1ccccc1Cl)NCC1CCN(c2cccc(Br)c2)C1. The van der Waals surface area contributed by atoms with Crippen molar-refractivity contribution in [2.45, 2.75) is 6.42 Å². The van der Waals surface area contributed by atoms with Crippen LogP contribution in [-0.4, -0.2) is 32.1 Å². The molecule has 3 rings (SSSR count). The summed E-state index contributed by atoms with van der Waals surface area (Å²) in [6, 6.07) is 15.8. The van der Waals surface area contributed by atoms with Gasteiger partial charge in [0.05, 0.1) is 17.3 Å². The van der Waals surface area contributed by atoms with E-state index >= 15 is 0 Å². The first kappa shape index (κ1) is 18.1. The van der Waals surface area contributed by atoms with Crippen LogP contribution in [0.1, 0.15) is 6.42 Å². The van der Waals surface area contributed by atoms with Crippen molar-refractivity contribution in [2.75, 3.05) is 36.4 Å². The van der Waals surface area contributed by atoms with Gasteiger partial charge >= 0.3 is 0 Å². The standard InChI is InChI=1S/C19H21BrClN3O/c20-15-4-3-5-16(10-15)24-9-8-14(13-24)11-23-19(25)12-22-18-7-2-1-6-17(18)21/h1-7,10,14,22H,8-9,11-13H2,(H,23,25). The van der Waals surface area contributed by atoms with Crippen molar-refractivity contribution >= 4 is 44.8 Å². The van der Waals surface area contributed by atoms with Crippen LogP contribution in [-0.2, 0) is 4.79 Å². The van der Waals surface area contributed by atoms with Crippen LogP contribution in [0.25, 0.3) is 0 Å². The van der Waals surface area contributed by atoms with Crippen molar-refractivity contribution in [1.82, 2.24) is 5.32 Å². The molecule has 1 saturated heterocycles. The molecule has 1 aliphatic heterocycles. The molecule has 1 unspecified atom stereocenters. The maximum absolute atomic E-state index is 12.0. The van der Waals surface area contributed by atoms with Crippen molar-refractivity contribution < 1.29 is 4.79 Å². The number of hydrogen-bond donors (Lipinski definition) is 2. The fourth-order valence-electron chi connectivity index (χ4n) is 3.01. The van der Waals surface area contributed by atoms with Gasteiger partial charge in [0.2, 0.25) is 5.91 Å². The Morgan fingerprint density at radius 3 is 2.88 bits per heavy atom. The molecule has 0 radical (unpaired) electrons. The van der Waals surface area contributed by atoms with Gasteiger partial charge in [-0.1, -0.05) is 45.7 Å². The average Bonchev–Trinajstić information content (AvgIpc) is 3.08. The van der Waals surface area contributed by atoms with E-state index in [1.807, 2.05) is 24.3 Å². The smallest absolute Gasteiger partial charge is 0.239 e. The van der Waals surface area contributed by atoms with E-state index < -0.39 is 0 Å². The number of carbonyl (C=O) groups is 1. The van der Waals surface area contributed by atoms with Crippen LogP contribution in [0.4, 0.5) is 11.4 Å². The minimum absolute atomic E-state index is 0.0131. The summed E-state index contributed by atoms with van der Waals surface area (Å²) in [4.78, 5) is 14.4. The number of benzene rings is 2. The van der Waals surface area contributed by atoms with Gasteiger partial charge in [0.25, 0.3) is 0 Å². The highest BCUT2D eigenvalue weighted by molar-refractivity contribution is 9.10. The highest BCUT2D eigenvalue weighted by Crippen LogP contribution is 2.26. The van der Waals surface area contributed by atoms with E-state index in [-0.39, 0.29) is 12.5 Å². The number of amides is 1. The first-order valence-corrected chi connectivity index (χ1v) is 9.54. The van der Waals surface area contributed by atoms with E-state index in [1.165, 1.54) is 5.69 Å². The van der Waals surface area contributed by atoms with E-state index in [0.717, 1.165) is 29.7 Å². The predicted molar refractivity (Wildman–Crippen MR) is 107 cm³/mol. The molecule has 0 saturated carbocycles. The highest BCUT2D eigenvalue weighted by atomic mass is 79.9. The molecular formula is C19H21BrClN3O. The van der Waals surface area contributed by atoms with Crippen LogP contribution < -0.4 is 15.5 Å². The Bertz CT molecular complexity index is 740. The third kappa shape index (κ3) is 5.13. The van der Waals surface area contributed by atoms with E-state index in [9.17, 15) is 4.79 Å². The fourth-order valence-corrected chi connectivity index (χ4v) is 3.60. The number of halogens is 2. The Kier molecular flexibility index (Phi) is 6.21. The molecule has 132 valence electrons. The zero-order valence-electron chi connectivity index (χ0n) is 13.8. The largest absolute Gasteiger partial charge is 0.375 e. The molecule has 6 heteroatoms. The molecule has 4 nitrogen and oxygen atoms in total. The van der Waals surface area contributed by atoms with Crippen molar-refractivity contribution in [3.8, 4) is 0 Å². The van der Waals surface area contributed by atoms with Crippen LogP contribution in [0.15, 0.2) is 53.0 Å². The van der Waals surface area contributed by atoms with Crippen molar-refractivity contribution in [1.29, 1.82) is 0 Å². The normalized spacial score (nSPS) is 16.7. The van der Waals surface area contributed by atoms with Gasteiger partial charge in [-0.2, -0.15) is 0 Å². The summed E-state index contributed by atoms with van der Waals surface area (Å²) >= 11 is 9.59. The third-order valence-corrected chi connectivity index (χ3v) is 5.18. The molecule has 0 aromatic heterocycles. The molecule has 0 aliphatic carbocycles. The van der Waals surface area contributed by atoms with Crippen LogP contribution in [0.3, 0.4) is 0 Å². The Labute approximate surface area is 161 Å². The van der Waals surface area contributed by atoms with E-state index in [4.69, 9.17) is 11.6 Å². The zero-order valence-corrected chi connectivity index (χ0v) is 16.2. The maximum atomic E-state index is 12.0. The second kappa shape index (κ2) is 8.59. The van der Waals surface area contributed by atoms with Gasteiger partial charge in [0.1, 0.15) is 0 Å². The van der Waals surface area contributed by atoms with E-state index in [1.54, 1.807) is 6.07 Å². The summed E-state index contributed by atoms with van der Waals surface area (Å²) < 4.78 is 1.09. The number of nitrogens with zero attached hydrogens (tertiary/aromatic N) is 1. The Hall–Kier alpha value is -1.72. The topological polar surface area (TPSA) is 44.4 Å². The van der Waals surface area contributed by atoms with Crippen LogP contribution in [0.2, 0.25) is 5.02 Å². The first-order valence-electron chi connectivity index (χ1n) is 8.37. The number of hydrogen-bond acceptors (Lipinski definition) is 3. The van der Waals surface area contributed by atoms with Gasteiger partial charge in [-0.15, -0.1) is 0 Å². The molecule has 2 aromatic rings. The Morgan fingerprint density at radius 1 is 1.24 bits per heavy atom. The number of rotatable bonds is 6. The molecule has 0 bridgehead atoms. The van der Waals surface area contributed by atoms with Gasteiger partial charge in [-0.3, -0.25) is 4.79 Å². The van der Waals surface area contributed by atoms with Crippen molar-refractivity contribution in [3.63, 3.8) is 0 Å². The summed E-state index contributed by atoms with van der Waals surface area (Å²) in [5.74, 6) is 0.462. The molecule has 1 heterocycles. The average molecular weight is 423 g/mol. The highest BCUT2D eigenvalue weighted by Gasteiger charge is 2.23. The Balaban J connectivity index is 1.42. The summed E-state index contributed by atoms with van der Waals surface area (Å²) in [6.07, 6.45) is 1.09. The van der Waals surface area contributed by atoms with Crippen molar-refractivity contribution in [2.24, 2.45) is 5.92 Å². The zero-order chi connectivity index (χ0) is 17.6. The summed E-state index contributed by atoms with van der Waals surface area (Å²) in [7, 11) is 0. The minimum atomic E-state index is -0.0131. The fraction of sp³-hybridized carbons (Fsp3) is 0.316. The number of para-hydroxylation sites is 1. The lowest BCUT2D eigenvalue weighted by atomic mass is 10.1. The van der Waals surface area contributed by atoms with Gasteiger partial charge in [-0.05, 0) is 42.7 Å². The van der Waals surface area contributed by atoms with Gasteiger partial charge in [0.15, 0.2) is 0 Å². The molecular weight excluding hydrogens is 402 g/mol. The molecule has 1 fully saturated rings. The second-order valence-electron chi connectivity index (χ2n) is 6.22. The molecule has 1 amide bonds. The molecule has 1 atom stereocenters. The monoisotopic (exact) mass is 421 g/mol. The Morgan fingerprint density at radius 2 is 2.08 bits per heavy atom. The van der Waals surface area contributed by atoms with Crippen LogP contribution in [0.5, 0.6) is 0 Å². The second-order valence-corrected chi connectivity index (χ2v) is 7.54. The number of nitrogens with one attached hydrogen (secondary N) is 2. The van der Waals surface area contributed by atoms with E-state index in [0.29, 0.717) is 17.5 Å². The predicted octanol–water partition coefficient (Wildman–Crippen LogP) is 4.16. The molecule has 2 N–H and O–H groups in total. The number of carbonyl (C=O) groups excluding carboxylic acids is 1. The molecule has 25 heavy (non-hydrogen) atoms. The lowest BCUT2D eigenvalue weighted by molar-refractivity contribution is -0.119. The van der Waals surface area contributed by atoms with Gasteiger partial charge in [-0.25, -0.2) is 0 Å². The van der Waals surface area contributed by atoms with Gasteiger partial charge in [0, 0.05) is 29.8 Å². The summed E-state index contributed by atoms with van der Waals surface area (Å²) in [6.45, 7) is 2.92. The minimum Gasteiger partial charge on any atom is -0.375 e. The lowest BCUT2D eigenvalue weighted by Gasteiger charge is -2.19. The maximum Gasteiger partial charge on any atom is 0.239 e. The molecule has 0 spiro atoms. The van der Waals surface area contributed by atoms with Crippen molar-refractivity contribution in [3.05, 3.63) is 58.0 Å². The number of anilines is 2. The summed E-state index contributed by atoms with van der Waals surface area (Å²) in [5, 5.41) is 6.71. The summed E-state index contributed by atoms with van der Waals surface area (Å²) in [5.41, 5.74) is 2.00. The molecule has 2 aromatic carbocycles. The van der Waals surface area contributed by atoms with Crippen LogP contribution >= 0.6 is 27.5 Å². The molecule has 1 aliphatic rings. The quantitative estimate of drug-likeness (QED) is 0.735. The van der Waals surface area contributed by atoms with E-state index in [2.05, 4.69) is 49.7 Å². The first-order chi connectivity index (χ1) is 12.1. The lowest BCUT2D eigenvalue weighted by Crippen LogP contribution is -2.34. The van der Waals surface area contributed by atoms with Crippen LogP contribution in [0, 0.1) is 5.92 Å². The third-order valence-electron chi connectivity index (χ3n) is 4.36. The van der Waals surface area contributed by atoms with Gasteiger partial charge < -0.3 is 15.5 Å².